The van der Waals surface area contributed by atoms with Crippen molar-refractivity contribution in [2.75, 3.05) is 6.61 Å². The zero-order chi connectivity index (χ0) is 15.9. The van der Waals surface area contributed by atoms with Gasteiger partial charge in [-0.1, -0.05) is 13.0 Å². The van der Waals surface area contributed by atoms with Gasteiger partial charge in [-0.15, -0.1) is 0 Å². The predicted molar refractivity (Wildman–Crippen MR) is 83.4 cm³/mol. The monoisotopic (exact) mass is 300 g/mol. The van der Waals surface area contributed by atoms with Crippen LogP contribution in [-0.2, 0) is 12.8 Å². The highest BCUT2D eigenvalue weighted by atomic mass is 16.5. The molecule has 0 bridgehead atoms. The number of aromatic nitrogens is 2. The molecule has 6 heteroatoms. The van der Waals surface area contributed by atoms with Gasteiger partial charge in [0, 0.05) is 17.7 Å². The van der Waals surface area contributed by atoms with E-state index in [0.29, 0.717) is 12.3 Å². The minimum atomic E-state index is -0.481. The molecule has 116 valence electrons. The summed E-state index contributed by atoms with van der Waals surface area (Å²) in [5.41, 5.74) is 15.4. The van der Waals surface area contributed by atoms with Gasteiger partial charge in [0.2, 0.25) is 0 Å². The first kappa shape index (κ1) is 14.6. The molecule has 22 heavy (non-hydrogen) atoms. The number of carbonyl (C=O) groups excluding carboxylic acids is 1. The molecule has 1 aromatic heterocycles. The van der Waals surface area contributed by atoms with Crippen molar-refractivity contribution in [1.29, 1.82) is 0 Å². The van der Waals surface area contributed by atoms with Gasteiger partial charge >= 0.3 is 0 Å². The van der Waals surface area contributed by atoms with E-state index in [2.05, 4.69) is 5.10 Å². The van der Waals surface area contributed by atoms with Crippen molar-refractivity contribution in [3.05, 3.63) is 40.7 Å². The summed E-state index contributed by atoms with van der Waals surface area (Å²) in [4.78, 5) is 11.8. The highest BCUT2D eigenvalue weighted by molar-refractivity contribution is 5.93. The standard InChI is InChI=1S/C16H20N4O2/c1-3-13-9(2)15(16(18)21)20(19-13)12-5-4-10-6-11(17)8-22-14(10)7-12/h4-5,7,11H,3,6,8,17H2,1-2H3,(H2,18,21)/t11-/m1/s1. The smallest absolute Gasteiger partial charge is 0.267 e. The second-order valence-electron chi connectivity index (χ2n) is 5.62. The number of nitrogens with zero attached hydrogens (tertiary/aromatic N) is 2. The Morgan fingerprint density at radius 2 is 2.27 bits per heavy atom. The number of primary amides is 1. The SMILES string of the molecule is CCc1nn(-c2ccc3c(c2)OC[C@H](N)C3)c(C(N)=O)c1C. The van der Waals surface area contributed by atoms with E-state index in [0.717, 1.165) is 41.1 Å². The fraction of sp³-hybridized carbons (Fsp3) is 0.375. The molecule has 0 radical (unpaired) electrons. The molecule has 1 aliphatic rings. The van der Waals surface area contributed by atoms with Crippen molar-refractivity contribution in [2.45, 2.75) is 32.7 Å². The molecule has 0 saturated heterocycles. The fourth-order valence-electron chi connectivity index (χ4n) is 2.87. The summed E-state index contributed by atoms with van der Waals surface area (Å²) < 4.78 is 7.29. The van der Waals surface area contributed by atoms with Gasteiger partial charge in [0.1, 0.15) is 18.1 Å². The van der Waals surface area contributed by atoms with Gasteiger partial charge in [-0.25, -0.2) is 4.68 Å². The number of benzene rings is 1. The summed E-state index contributed by atoms with van der Waals surface area (Å²) in [5, 5.41) is 4.52. The number of amides is 1. The molecule has 0 spiro atoms. The summed E-state index contributed by atoms with van der Waals surface area (Å²) in [6.45, 7) is 4.37. The lowest BCUT2D eigenvalue weighted by molar-refractivity contribution is 0.0992. The summed E-state index contributed by atoms with van der Waals surface area (Å²) in [7, 11) is 0. The average molecular weight is 300 g/mol. The molecular weight excluding hydrogens is 280 g/mol. The van der Waals surface area contributed by atoms with E-state index in [1.54, 1.807) is 4.68 Å². The number of fused-ring (bicyclic) bond motifs is 1. The maximum atomic E-state index is 11.8. The number of nitrogens with two attached hydrogens (primary N) is 2. The molecule has 3 rings (SSSR count). The third-order valence-electron chi connectivity index (χ3n) is 4.02. The van der Waals surface area contributed by atoms with Crippen LogP contribution in [0.15, 0.2) is 18.2 Å². The number of hydrogen-bond acceptors (Lipinski definition) is 4. The molecule has 1 aliphatic heterocycles. The molecule has 0 saturated carbocycles. The lowest BCUT2D eigenvalue weighted by Crippen LogP contribution is -2.33. The van der Waals surface area contributed by atoms with Crippen molar-refractivity contribution in [3.8, 4) is 11.4 Å². The first-order valence-electron chi connectivity index (χ1n) is 7.41. The quantitative estimate of drug-likeness (QED) is 0.887. The van der Waals surface area contributed by atoms with E-state index in [9.17, 15) is 4.79 Å². The van der Waals surface area contributed by atoms with Crippen LogP contribution in [0.5, 0.6) is 5.75 Å². The van der Waals surface area contributed by atoms with Crippen LogP contribution in [0.2, 0.25) is 0 Å². The van der Waals surface area contributed by atoms with Gasteiger partial charge in [-0.2, -0.15) is 5.10 Å². The van der Waals surface area contributed by atoms with Gasteiger partial charge in [0.05, 0.1) is 11.4 Å². The zero-order valence-corrected chi connectivity index (χ0v) is 12.8. The molecule has 1 aromatic carbocycles. The number of rotatable bonds is 3. The van der Waals surface area contributed by atoms with Crippen molar-refractivity contribution in [2.24, 2.45) is 11.5 Å². The van der Waals surface area contributed by atoms with Gasteiger partial charge in [0.15, 0.2) is 0 Å². The molecule has 0 unspecified atom stereocenters. The van der Waals surface area contributed by atoms with Gasteiger partial charge in [-0.05, 0) is 31.4 Å². The summed E-state index contributed by atoms with van der Waals surface area (Å²) >= 11 is 0. The van der Waals surface area contributed by atoms with Crippen LogP contribution in [0.25, 0.3) is 5.69 Å². The van der Waals surface area contributed by atoms with Crippen molar-refractivity contribution < 1.29 is 9.53 Å². The van der Waals surface area contributed by atoms with Crippen LogP contribution in [-0.4, -0.2) is 28.3 Å². The van der Waals surface area contributed by atoms with Gasteiger partial charge in [-0.3, -0.25) is 4.79 Å². The van der Waals surface area contributed by atoms with E-state index in [1.165, 1.54) is 0 Å². The Morgan fingerprint density at radius 1 is 1.50 bits per heavy atom. The van der Waals surface area contributed by atoms with Gasteiger partial charge in [0.25, 0.3) is 5.91 Å². The largest absolute Gasteiger partial charge is 0.492 e. The van der Waals surface area contributed by atoms with Crippen molar-refractivity contribution in [1.82, 2.24) is 9.78 Å². The minimum Gasteiger partial charge on any atom is -0.492 e. The topological polar surface area (TPSA) is 96.2 Å². The Kier molecular flexibility index (Phi) is 3.62. The van der Waals surface area contributed by atoms with Crippen LogP contribution < -0.4 is 16.2 Å². The highest BCUT2D eigenvalue weighted by Crippen LogP contribution is 2.28. The highest BCUT2D eigenvalue weighted by Gasteiger charge is 2.21. The lowest BCUT2D eigenvalue weighted by Gasteiger charge is -2.23. The number of hydrogen-bond donors (Lipinski definition) is 2. The van der Waals surface area contributed by atoms with Crippen LogP contribution in [0.4, 0.5) is 0 Å². The first-order chi connectivity index (χ1) is 10.5. The van der Waals surface area contributed by atoms with E-state index in [-0.39, 0.29) is 6.04 Å². The molecule has 2 aromatic rings. The normalized spacial score (nSPS) is 17.0. The predicted octanol–water partition coefficient (Wildman–Crippen LogP) is 1.10. The molecule has 1 amide bonds. The van der Waals surface area contributed by atoms with Crippen LogP contribution in [0.3, 0.4) is 0 Å². The number of carbonyl (C=O) groups is 1. The summed E-state index contributed by atoms with van der Waals surface area (Å²) in [5.74, 6) is 0.311. The Bertz CT molecular complexity index is 736. The average Bonchev–Trinajstić information content (AvgIpc) is 2.83. The zero-order valence-electron chi connectivity index (χ0n) is 12.8. The molecule has 1 atom stereocenters. The van der Waals surface area contributed by atoms with E-state index < -0.39 is 5.91 Å². The second kappa shape index (κ2) is 5.46. The Labute approximate surface area is 129 Å². The van der Waals surface area contributed by atoms with E-state index >= 15 is 0 Å². The first-order valence-corrected chi connectivity index (χ1v) is 7.41. The van der Waals surface area contributed by atoms with E-state index in [4.69, 9.17) is 16.2 Å². The van der Waals surface area contributed by atoms with Crippen LogP contribution in [0, 0.1) is 6.92 Å². The number of ether oxygens (including phenoxy) is 1. The third kappa shape index (κ3) is 2.35. The number of aryl methyl sites for hydroxylation is 1. The van der Waals surface area contributed by atoms with Crippen LogP contribution >= 0.6 is 0 Å². The Balaban J connectivity index is 2.10. The summed E-state index contributed by atoms with van der Waals surface area (Å²) in [6, 6.07) is 5.80. The third-order valence-corrected chi connectivity index (χ3v) is 4.02. The van der Waals surface area contributed by atoms with Crippen LogP contribution in [0.1, 0.15) is 34.2 Å². The molecule has 0 aliphatic carbocycles. The fourth-order valence-corrected chi connectivity index (χ4v) is 2.87. The molecule has 0 fully saturated rings. The van der Waals surface area contributed by atoms with E-state index in [1.807, 2.05) is 32.0 Å². The molecule has 6 nitrogen and oxygen atoms in total. The maximum absolute atomic E-state index is 11.8. The minimum absolute atomic E-state index is 0.0261. The van der Waals surface area contributed by atoms with Crippen molar-refractivity contribution >= 4 is 5.91 Å². The Morgan fingerprint density at radius 3 is 2.95 bits per heavy atom. The molecular formula is C16H20N4O2. The maximum Gasteiger partial charge on any atom is 0.267 e. The molecule has 4 N–H and O–H groups in total. The van der Waals surface area contributed by atoms with Crippen molar-refractivity contribution in [3.63, 3.8) is 0 Å². The summed E-state index contributed by atoms with van der Waals surface area (Å²) in [6.07, 6.45) is 1.53. The lowest BCUT2D eigenvalue weighted by atomic mass is 10.0. The Hall–Kier alpha value is -2.34. The molecule has 2 heterocycles. The second-order valence-corrected chi connectivity index (χ2v) is 5.62. The van der Waals surface area contributed by atoms with Gasteiger partial charge < -0.3 is 16.2 Å².